The summed E-state index contributed by atoms with van der Waals surface area (Å²) in [6.07, 6.45) is -0.0465. The van der Waals surface area contributed by atoms with E-state index in [9.17, 15) is 14.9 Å². The van der Waals surface area contributed by atoms with Crippen molar-refractivity contribution in [2.75, 3.05) is 7.11 Å². The summed E-state index contributed by atoms with van der Waals surface area (Å²) >= 11 is 8.74. The van der Waals surface area contributed by atoms with Crippen LogP contribution in [0.2, 0.25) is 5.02 Å². The fourth-order valence-corrected chi connectivity index (χ4v) is 2.09. The van der Waals surface area contributed by atoms with Gasteiger partial charge < -0.3 is 4.74 Å². The summed E-state index contributed by atoms with van der Waals surface area (Å²) in [7, 11) is 1.25. The van der Waals surface area contributed by atoms with Gasteiger partial charge in [-0.2, -0.15) is 0 Å². The summed E-state index contributed by atoms with van der Waals surface area (Å²) in [5.74, 6) is -0.475. The van der Waals surface area contributed by atoms with Crippen LogP contribution in [0, 0.1) is 10.1 Å². The Morgan fingerprint density at radius 1 is 1.62 bits per heavy atom. The zero-order chi connectivity index (χ0) is 12.3. The van der Waals surface area contributed by atoms with E-state index < -0.39 is 10.9 Å². The Bertz CT molecular complexity index is 449. The number of nitro benzene ring substituents is 1. The molecule has 0 aromatic heterocycles. The Labute approximate surface area is 105 Å². The molecule has 0 aliphatic heterocycles. The minimum absolute atomic E-state index is 0.0190. The number of nitro groups is 1. The van der Waals surface area contributed by atoms with Gasteiger partial charge in [-0.25, -0.2) is 0 Å². The molecule has 0 radical (unpaired) electrons. The fraction of sp³-hybridized carbons (Fsp3) is 0.222. The highest BCUT2D eigenvalue weighted by atomic mass is 79.9. The van der Waals surface area contributed by atoms with E-state index in [1.807, 2.05) is 0 Å². The van der Waals surface area contributed by atoms with Crippen LogP contribution in [-0.2, 0) is 16.0 Å². The Hall–Kier alpha value is -1.14. The van der Waals surface area contributed by atoms with Crippen molar-refractivity contribution >= 4 is 39.2 Å². The van der Waals surface area contributed by atoms with Crippen LogP contribution in [-0.4, -0.2) is 18.0 Å². The van der Waals surface area contributed by atoms with Gasteiger partial charge in [-0.1, -0.05) is 17.7 Å². The Balaban J connectivity index is 3.18. The largest absolute Gasteiger partial charge is 0.469 e. The Morgan fingerprint density at radius 2 is 2.25 bits per heavy atom. The van der Waals surface area contributed by atoms with Crippen LogP contribution in [0.1, 0.15) is 5.56 Å². The lowest BCUT2D eigenvalue weighted by Gasteiger charge is -2.05. The second-order valence-corrected chi connectivity index (χ2v) is 4.08. The topological polar surface area (TPSA) is 69.4 Å². The van der Waals surface area contributed by atoms with Crippen LogP contribution in [0.15, 0.2) is 16.6 Å². The van der Waals surface area contributed by atoms with Gasteiger partial charge in [0.2, 0.25) is 0 Å². The Morgan fingerprint density at radius 3 is 2.75 bits per heavy atom. The predicted molar refractivity (Wildman–Crippen MR) is 61.5 cm³/mol. The van der Waals surface area contributed by atoms with Crippen molar-refractivity contribution in [3.05, 3.63) is 37.3 Å². The van der Waals surface area contributed by atoms with Crippen molar-refractivity contribution in [3.8, 4) is 0 Å². The maximum absolute atomic E-state index is 11.1. The van der Waals surface area contributed by atoms with Crippen LogP contribution in [0.25, 0.3) is 0 Å². The molecule has 1 aromatic rings. The van der Waals surface area contributed by atoms with Gasteiger partial charge in [0, 0.05) is 0 Å². The number of nitrogens with zero attached hydrogens (tertiary/aromatic N) is 1. The number of ether oxygens (including phenoxy) is 1. The van der Waals surface area contributed by atoms with Gasteiger partial charge >= 0.3 is 11.7 Å². The number of carbonyl (C=O) groups is 1. The van der Waals surface area contributed by atoms with Crippen molar-refractivity contribution < 1.29 is 14.5 Å². The highest BCUT2D eigenvalue weighted by molar-refractivity contribution is 9.10. The molecule has 16 heavy (non-hydrogen) atoms. The summed E-state index contributed by atoms with van der Waals surface area (Å²) in [4.78, 5) is 21.2. The number of hydrogen-bond donors (Lipinski definition) is 0. The number of hydrogen-bond acceptors (Lipinski definition) is 4. The molecule has 5 nitrogen and oxygen atoms in total. The standard InChI is InChI=1S/C9H7BrClNO4/c1-16-7(13)4-5-2-3-6(11)9(8(5)10)12(14)15/h2-3H,4H2,1H3. The summed E-state index contributed by atoms with van der Waals surface area (Å²) < 4.78 is 4.68. The molecule has 0 aliphatic carbocycles. The number of benzene rings is 1. The molecule has 1 aromatic carbocycles. The van der Waals surface area contributed by atoms with Crippen molar-refractivity contribution in [1.82, 2.24) is 0 Å². The molecular formula is C9H7BrClNO4. The molecule has 7 heteroatoms. The normalized spacial score (nSPS) is 9.94. The average Bonchev–Trinajstić information content (AvgIpc) is 2.21. The number of esters is 1. The smallest absolute Gasteiger partial charge is 0.310 e. The first-order chi connectivity index (χ1) is 7.47. The highest BCUT2D eigenvalue weighted by Gasteiger charge is 2.21. The minimum Gasteiger partial charge on any atom is -0.469 e. The zero-order valence-corrected chi connectivity index (χ0v) is 10.5. The van der Waals surface area contributed by atoms with E-state index in [0.717, 1.165) is 0 Å². The Kier molecular flexibility index (Phi) is 4.26. The van der Waals surface area contributed by atoms with E-state index in [2.05, 4.69) is 20.7 Å². The van der Waals surface area contributed by atoms with Gasteiger partial charge in [0.1, 0.15) is 9.50 Å². The van der Waals surface area contributed by atoms with E-state index in [1.165, 1.54) is 19.2 Å². The van der Waals surface area contributed by atoms with Gasteiger partial charge in [-0.3, -0.25) is 14.9 Å². The maximum atomic E-state index is 11.1. The SMILES string of the molecule is COC(=O)Cc1ccc(Cl)c([N+](=O)[O-])c1Br. The third kappa shape index (κ3) is 2.70. The van der Waals surface area contributed by atoms with E-state index >= 15 is 0 Å². The van der Waals surface area contributed by atoms with Crippen LogP contribution < -0.4 is 0 Å². The summed E-state index contributed by atoms with van der Waals surface area (Å²) in [6, 6.07) is 2.92. The highest BCUT2D eigenvalue weighted by Crippen LogP contribution is 2.35. The third-order valence-electron chi connectivity index (χ3n) is 1.89. The molecule has 0 heterocycles. The van der Waals surface area contributed by atoms with Crippen molar-refractivity contribution in [3.63, 3.8) is 0 Å². The van der Waals surface area contributed by atoms with Crippen LogP contribution in [0.4, 0.5) is 5.69 Å². The van der Waals surface area contributed by atoms with Gasteiger partial charge in [-0.05, 0) is 27.6 Å². The molecular weight excluding hydrogens is 301 g/mol. The minimum atomic E-state index is -0.604. The third-order valence-corrected chi connectivity index (χ3v) is 3.08. The molecule has 0 unspecified atom stereocenters. The second kappa shape index (κ2) is 5.27. The van der Waals surface area contributed by atoms with E-state index in [4.69, 9.17) is 11.6 Å². The monoisotopic (exact) mass is 307 g/mol. The number of carbonyl (C=O) groups excluding carboxylic acids is 1. The summed E-state index contributed by atoms with van der Waals surface area (Å²) in [6.45, 7) is 0. The summed E-state index contributed by atoms with van der Waals surface area (Å²) in [5, 5.41) is 10.7. The van der Waals surface area contributed by atoms with Crippen molar-refractivity contribution in [1.29, 1.82) is 0 Å². The quantitative estimate of drug-likeness (QED) is 0.489. The van der Waals surface area contributed by atoms with Crippen LogP contribution in [0.3, 0.4) is 0 Å². The van der Waals surface area contributed by atoms with Gasteiger partial charge in [0.15, 0.2) is 0 Å². The lowest BCUT2D eigenvalue weighted by atomic mass is 10.1. The first-order valence-electron chi connectivity index (χ1n) is 4.15. The second-order valence-electron chi connectivity index (χ2n) is 2.88. The van der Waals surface area contributed by atoms with Gasteiger partial charge in [0.05, 0.1) is 18.5 Å². The van der Waals surface area contributed by atoms with Gasteiger partial charge in [0.25, 0.3) is 0 Å². The van der Waals surface area contributed by atoms with Crippen molar-refractivity contribution in [2.24, 2.45) is 0 Å². The molecule has 0 amide bonds. The molecule has 0 atom stereocenters. The fourth-order valence-electron chi connectivity index (χ4n) is 1.11. The molecule has 0 saturated heterocycles. The summed E-state index contributed by atoms with van der Waals surface area (Å²) in [5.41, 5.74) is 0.214. The first-order valence-corrected chi connectivity index (χ1v) is 5.32. The number of rotatable bonds is 3. The molecule has 0 aliphatic rings. The zero-order valence-electron chi connectivity index (χ0n) is 8.20. The lowest BCUT2D eigenvalue weighted by Crippen LogP contribution is -2.06. The average molecular weight is 309 g/mol. The lowest BCUT2D eigenvalue weighted by molar-refractivity contribution is -0.385. The molecule has 0 N–H and O–H groups in total. The molecule has 86 valence electrons. The van der Waals surface area contributed by atoms with Crippen LogP contribution in [0.5, 0.6) is 0 Å². The molecule has 0 spiro atoms. The molecule has 1 rings (SSSR count). The van der Waals surface area contributed by atoms with Gasteiger partial charge in [-0.15, -0.1) is 0 Å². The van der Waals surface area contributed by atoms with E-state index in [-0.39, 0.29) is 21.6 Å². The van der Waals surface area contributed by atoms with E-state index in [1.54, 1.807) is 0 Å². The molecule has 0 bridgehead atoms. The first kappa shape index (κ1) is 12.9. The van der Waals surface area contributed by atoms with Crippen LogP contribution >= 0.6 is 27.5 Å². The van der Waals surface area contributed by atoms with E-state index in [0.29, 0.717) is 5.56 Å². The van der Waals surface area contributed by atoms with Crippen molar-refractivity contribution in [2.45, 2.75) is 6.42 Å². The predicted octanol–water partition coefficient (Wildman–Crippen LogP) is 2.73. The number of methoxy groups -OCH3 is 1. The molecule has 0 fully saturated rings. The maximum Gasteiger partial charge on any atom is 0.310 e. The number of halogens is 2. The molecule has 0 saturated carbocycles.